The molecule has 2 aliphatic carbocycles. The molecule has 0 nitrogen and oxygen atoms in total. The van der Waals surface area contributed by atoms with Crippen molar-refractivity contribution in [2.24, 2.45) is 23.2 Å². The van der Waals surface area contributed by atoms with Gasteiger partial charge in [-0.2, -0.15) is 0 Å². The van der Waals surface area contributed by atoms with E-state index >= 15 is 0 Å². The highest BCUT2D eigenvalue weighted by atomic mass is 14.5. The molecule has 2 rings (SSSR count). The summed E-state index contributed by atoms with van der Waals surface area (Å²) in [6, 6.07) is 0. The topological polar surface area (TPSA) is 0 Å². The summed E-state index contributed by atoms with van der Waals surface area (Å²) < 4.78 is 0. The molecule has 0 aliphatic heterocycles. The standard InChI is InChI=1S/C13H22/c1-9-7-10-5-6-11(8-9)12(10)13(2,3)4/h10-12H,1,5-8H2,2-4H3. The molecule has 2 fully saturated rings. The van der Waals surface area contributed by atoms with Crippen LogP contribution in [0.4, 0.5) is 0 Å². The number of hydrogen-bond acceptors (Lipinski definition) is 0. The molecule has 0 aromatic carbocycles. The van der Waals surface area contributed by atoms with Crippen LogP contribution in [0.5, 0.6) is 0 Å². The van der Waals surface area contributed by atoms with Crippen molar-refractivity contribution in [2.45, 2.75) is 46.5 Å². The van der Waals surface area contributed by atoms with E-state index in [1.54, 1.807) is 0 Å². The van der Waals surface area contributed by atoms with E-state index < -0.39 is 0 Å². The summed E-state index contributed by atoms with van der Waals surface area (Å²) in [5.41, 5.74) is 2.04. The van der Waals surface area contributed by atoms with Gasteiger partial charge in [0.05, 0.1) is 0 Å². The van der Waals surface area contributed by atoms with Crippen molar-refractivity contribution in [3.63, 3.8) is 0 Å². The van der Waals surface area contributed by atoms with Crippen molar-refractivity contribution in [3.05, 3.63) is 12.2 Å². The van der Waals surface area contributed by atoms with E-state index in [9.17, 15) is 0 Å². The predicted molar refractivity (Wildman–Crippen MR) is 57.5 cm³/mol. The van der Waals surface area contributed by atoms with Gasteiger partial charge in [-0.15, -0.1) is 0 Å². The van der Waals surface area contributed by atoms with Crippen LogP contribution in [0.1, 0.15) is 46.5 Å². The van der Waals surface area contributed by atoms with E-state index in [2.05, 4.69) is 27.4 Å². The van der Waals surface area contributed by atoms with Crippen LogP contribution in [0.3, 0.4) is 0 Å². The SMILES string of the molecule is C=C1CC2CCC(C1)C2C(C)(C)C. The lowest BCUT2D eigenvalue weighted by Crippen LogP contribution is -2.32. The lowest BCUT2D eigenvalue weighted by atomic mass is 9.65. The number of rotatable bonds is 0. The van der Waals surface area contributed by atoms with Crippen LogP contribution in [0.2, 0.25) is 0 Å². The third kappa shape index (κ3) is 1.56. The van der Waals surface area contributed by atoms with E-state index in [0.29, 0.717) is 5.41 Å². The van der Waals surface area contributed by atoms with Gasteiger partial charge in [0, 0.05) is 0 Å². The average Bonchev–Trinajstić information content (AvgIpc) is 2.23. The summed E-state index contributed by atoms with van der Waals surface area (Å²) in [5.74, 6) is 2.90. The molecule has 2 bridgehead atoms. The normalized spacial score (nSPS) is 39.6. The van der Waals surface area contributed by atoms with Crippen molar-refractivity contribution in [1.29, 1.82) is 0 Å². The molecule has 2 atom stereocenters. The maximum Gasteiger partial charge on any atom is -0.0291 e. The largest absolute Gasteiger partial charge is 0.0998 e. The molecule has 0 aromatic heterocycles. The zero-order chi connectivity index (χ0) is 9.64. The maximum atomic E-state index is 4.17. The monoisotopic (exact) mass is 178 g/mol. The molecule has 2 unspecified atom stereocenters. The smallest absolute Gasteiger partial charge is 0.0291 e. The van der Waals surface area contributed by atoms with Crippen LogP contribution < -0.4 is 0 Å². The van der Waals surface area contributed by atoms with Crippen LogP contribution in [0.25, 0.3) is 0 Å². The second kappa shape index (κ2) is 2.87. The lowest BCUT2D eigenvalue weighted by Gasteiger charge is -2.40. The fourth-order valence-electron chi connectivity index (χ4n) is 3.87. The molecule has 0 heterocycles. The highest BCUT2D eigenvalue weighted by Crippen LogP contribution is 2.54. The Labute approximate surface area is 82.4 Å². The van der Waals surface area contributed by atoms with Crippen molar-refractivity contribution in [3.8, 4) is 0 Å². The molecule has 0 radical (unpaired) electrons. The Balaban J connectivity index is 2.19. The molecule has 2 aliphatic rings. The molecular weight excluding hydrogens is 156 g/mol. The second-order valence-corrected chi connectivity index (χ2v) is 6.15. The van der Waals surface area contributed by atoms with Gasteiger partial charge in [0.1, 0.15) is 0 Å². The first-order valence-corrected chi connectivity index (χ1v) is 5.65. The fraction of sp³-hybridized carbons (Fsp3) is 0.846. The molecule has 74 valence electrons. The number of fused-ring (bicyclic) bond motifs is 2. The first-order valence-electron chi connectivity index (χ1n) is 5.65. The van der Waals surface area contributed by atoms with Crippen molar-refractivity contribution < 1.29 is 0 Å². The molecule has 0 N–H and O–H groups in total. The van der Waals surface area contributed by atoms with Gasteiger partial charge in [-0.3, -0.25) is 0 Å². The van der Waals surface area contributed by atoms with Crippen molar-refractivity contribution >= 4 is 0 Å². The van der Waals surface area contributed by atoms with E-state index in [1.807, 2.05) is 0 Å². The summed E-state index contributed by atoms with van der Waals surface area (Å²) in [6.45, 7) is 11.4. The summed E-state index contributed by atoms with van der Waals surface area (Å²) >= 11 is 0. The maximum absolute atomic E-state index is 4.17. The summed E-state index contributed by atoms with van der Waals surface area (Å²) in [5, 5.41) is 0. The predicted octanol–water partition coefficient (Wildman–Crippen LogP) is 4.02. The fourth-order valence-corrected chi connectivity index (χ4v) is 3.87. The second-order valence-electron chi connectivity index (χ2n) is 6.15. The van der Waals surface area contributed by atoms with Crippen LogP contribution in [-0.4, -0.2) is 0 Å². The zero-order valence-corrected chi connectivity index (χ0v) is 9.27. The Bertz CT molecular complexity index is 203. The third-order valence-electron chi connectivity index (χ3n) is 4.03. The quantitative estimate of drug-likeness (QED) is 0.491. The Morgan fingerprint density at radius 1 is 1.08 bits per heavy atom. The van der Waals surface area contributed by atoms with E-state index in [0.717, 1.165) is 17.8 Å². The number of hydrogen-bond donors (Lipinski definition) is 0. The van der Waals surface area contributed by atoms with E-state index in [4.69, 9.17) is 0 Å². The molecule has 0 amide bonds. The van der Waals surface area contributed by atoms with Crippen LogP contribution in [0.15, 0.2) is 12.2 Å². The van der Waals surface area contributed by atoms with E-state index in [-0.39, 0.29) is 0 Å². The minimum Gasteiger partial charge on any atom is -0.0998 e. The first-order chi connectivity index (χ1) is 5.98. The molecule has 0 heteroatoms. The van der Waals surface area contributed by atoms with Gasteiger partial charge in [0.2, 0.25) is 0 Å². The zero-order valence-electron chi connectivity index (χ0n) is 9.27. The molecule has 0 saturated heterocycles. The van der Waals surface area contributed by atoms with Gasteiger partial charge in [0.25, 0.3) is 0 Å². The van der Waals surface area contributed by atoms with Gasteiger partial charge in [0.15, 0.2) is 0 Å². The first kappa shape index (κ1) is 9.30. The minimum absolute atomic E-state index is 0.520. The lowest BCUT2D eigenvalue weighted by molar-refractivity contribution is 0.118. The Hall–Kier alpha value is -0.260. The highest BCUT2D eigenvalue weighted by molar-refractivity contribution is 5.09. The third-order valence-corrected chi connectivity index (χ3v) is 4.03. The van der Waals surface area contributed by atoms with E-state index in [1.165, 1.54) is 31.3 Å². The molecule has 0 spiro atoms. The summed E-state index contributed by atoms with van der Waals surface area (Å²) in [7, 11) is 0. The van der Waals surface area contributed by atoms with Crippen LogP contribution in [0, 0.1) is 23.2 Å². The average molecular weight is 178 g/mol. The molecule has 2 saturated carbocycles. The Kier molecular flexibility index (Phi) is 2.05. The van der Waals surface area contributed by atoms with Gasteiger partial charge in [-0.05, 0) is 48.9 Å². The van der Waals surface area contributed by atoms with Gasteiger partial charge in [-0.1, -0.05) is 32.9 Å². The minimum atomic E-state index is 0.520. The molecule has 0 aromatic rings. The van der Waals surface area contributed by atoms with Gasteiger partial charge >= 0.3 is 0 Å². The van der Waals surface area contributed by atoms with Gasteiger partial charge in [-0.25, -0.2) is 0 Å². The molecule has 13 heavy (non-hydrogen) atoms. The summed E-state index contributed by atoms with van der Waals surface area (Å²) in [4.78, 5) is 0. The number of allylic oxidation sites excluding steroid dienone is 1. The van der Waals surface area contributed by atoms with Crippen LogP contribution >= 0.6 is 0 Å². The van der Waals surface area contributed by atoms with Crippen molar-refractivity contribution in [1.82, 2.24) is 0 Å². The summed E-state index contributed by atoms with van der Waals surface area (Å²) in [6.07, 6.45) is 5.56. The van der Waals surface area contributed by atoms with Gasteiger partial charge < -0.3 is 0 Å². The van der Waals surface area contributed by atoms with Crippen molar-refractivity contribution in [2.75, 3.05) is 0 Å². The molecular formula is C13H22. The Morgan fingerprint density at radius 3 is 1.92 bits per heavy atom. The highest BCUT2D eigenvalue weighted by Gasteiger charge is 2.45. The Morgan fingerprint density at radius 2 is 1.54 bits per heavy atom. The van der Waals surface area contributed by atoms with Crippen LogP contribution in [-0.2, 0) is 0 Å².